The number of imidazole rings is 1. The molecular formula is C21H35N3O2SSi. The molecule has 0 aliphatic heterocycles. The van der Waals surface area contributed by atoms with Gasteiger partial charge in [-0.1, -0.05) is 25.7 Å². The zero-order valence-electron chi connectivity index (χ0n) is 18.1. The van der Waals surface area contributed by atoms with Crippen molar-refractivity contribution in [2.75, 3.05) is 6.61 Å². The molecular weight excluding hydrogens is 386 g/mol. The van der Waals surface area contributed by atoms with Crippen LogP contribution >= 0.6 is 0 Å². The first kappa shape index (κ1) is 21.7. The first-order chi connectivity index (χ1) is 13.0. The van der Waals surface area contributed by atoms with Gasteiger partial charge in [-0.05, 0) is 63.3 Å². The van der Waals surface area contributed by atoms with E-state index in [0.717, 1.165) is 23.7 Å². The Balaban J connectivity index is 1.75. The third-order valence-electron chi connectivity index (χ3n) is 5.11. The zero-order chi connectivity index (χ0) is 20.5. The third-order valence-corrected chi connectivity index (χ3v) is 8.40. The van der Waals surface area contributed by atoms with E-state index in [4.69, 9.17) is 4.74 Å². The molecule has 1 aliphatic rings. The predicted molar refractivity (Wildman–Crippen MR) is 120 cm³/mol. The second-order valence-electron chi connectivity index (χ2n) is 10.1. The van der Waals surface area contributed by atoms with Crippen LogP contribution in [0.2, 0.25) is 25.7 Å². The van der Waals surface area contributed by atoms with Gasteiger partial charge in [0, 0.05) is 20.7 Å². The summed E-state index contributed by atoms with van der Waals surface area (Å²) >= 11 is 0. The molecule has 7 heteroatoms. The molecule has 2 unspecified atom stereocenters. The van der Waals surface area contributed by atoms with Crippen LogP contribution in [0, 0.1) is 5.92 Å². The molecule has 1 aromatic carbocycles. The fraction of sp³-hybridized carbons (Fsp3) is 0.667. The van der Waals surface area contributed by atoms with Crippen LogP contribution in [0.5, 0.6) is 0 Å². The van der Waals surface area contributed by atoms with Crippen molar-refractivity contribution < 1.29 is 8.95 Å². The number of hydrogen-bond acceptors (Lipinski definition) is 3. The molecule has 5 nitrogen and oxygen atoms in total. The highest BCUT2D eigenvalue weighted by Gasteiger charge is 2.35. The quantitative estimate of drug-likeness (QED) is 0.465. The summed E-state index contributed by atoms with van der Waals surface area (Å²) in [7, 11) is -2.17. The van der Waals surface area contributed by atoms with Crippen molar-refractivity contribution in [2.45, 2.75) is 76.8 Å². The molecule has 1 aliphatic carbocycles. The molecule has 1 saturated carbocycles. The van der Waals surface area contributed by atoms with Gasteiger partial charge in [-0.15, -0.1) is 0 Å². The van der Waals surface area contributed by atoms with E-state index >= 15 is 0 Å². The minimum absolute atomic E-state index is 0.126. The van der Waals surface area contributed by atoms with Crippen LogP contribution in [0.15, 0.2) is 24.5 Å². The minimum atomic E-state index is -1.09. The van der Waals surface area contributed by atoms with Gasteiger partial charge >= 0.3 is 0 Å². The highest BCUT2D eigenvalue weighted by Crippen LogP contribution is 2.42. The SMILES string of the molecule is CC(C)(C)S(=O)NC(c1ccc2ncn(COCC[Si](C)(C)C)c2c1)C1CC1. The van der Waals surface area contributed by atoms with Gasteiger partial charge in [0.15, 0.2) is 0 Å². The Labute approximate surface area is 172 Å². The van der Waals surface area contributed by atoms with E-state index in [1.54, 1.807) is 0 Å². The van der Waals surface area contributed by atoms with E-state index in [2.05, 4.69) is 52.1 Å². The molecule has 0 amide bonds. The molecule has 1 aromatic heterocycles. The first-order valence-corrected chi connectivity index (χ1v) is 15.1. The van der Waals surface area contributed by atoms with Crippen LogP contribution in [0.3, 0.4) is 0 Å². The maximum atomic E-state index is 12.7. The lowest BCUT2D eigenvalue weighted by Gasteiger charge is -2.24. The summed E-state index contributed by atoms with van der Waals surface area (Å²) in [5, 5.41) is 0. The Hall–Kier alpha value is -1.02. The van der Waals surface area contributed by atoms with E-state index in [0.29, 0.717) is 12.6 Å². The number of aromatic nitrogens is 2. The van der Waals surface area contributed by atoms with Gasteiger partial charge in [-0.2, -0.15) is 0 Å². The fourth-order valence-corrected chi connectivity index (χ4v) is 4.74. The number of rotatable bonds is 9. The Morgan fingerprint density at radius 2 is 2.04 bits per heavy atom. The van der Waals surface area contributed by atoms with E-state index in [1.807, 2.05) is 27.1 Å². The number of hydrogen-bond donors (Lipinski definition) is 1. The Bertz CT molecular complexity index is 834. The second-order valence-corrected chi connectivity index (χ2v) is 17.7. The maximum absolute atomic E-state index is 12.7. The number of ether oxygens (including phenoxy) is 1. The molecule has 3 rings (SSSR count). The lowest BCUT2D eigenvalue weighted by Crippen LogP contribution is -2.36. The molecule has 156 valence electrons. The van der Waals surface area contributed by atoms with Crippen molar-refractivity contribution in [1.82, 2.24) is 14.3 Å². The number of fused-ring (bicyclic) bond motifs is 1. The second kappa shape index (κ2) is 8.38. The Morgan fingerprint density at radius 1 is 1.32 bits per heavy atom. The highest BCUT2D eigenvalue weighted by atomic mass is 32.2. The summed E-state index contributed by atoms with van der Waals surface area (Å²) < 4.78 is 23.8. The fourth-order valence-electron chi connectivity index (χ4n) is 3.07. The van der Waals surface area contributed by atoms with Crippen molar-refractivity contribution in [3.05, 3.63) is 30.1 Å². The largest absolute Gasteiger partial charge is 0.361 e. The molecule has 1 fully saturated rings. The zero-order valence-corrected chi connectivity index (χ0v) is 19.9. The van der Waals surface area contributed by atoms with Crippen molar-refractivity contribution >= 4 is 30.1 Å². The van der Waals surface area contributed by atoms with E-state index < -0.39 is 19.1 Å². The van der Waals surface area contributed by atoms with Gasteiger partial charge in [0.05, 0.1) is 33.1 Å². The van der Waals surface area contributed by atoms with Gasteiger partial charge < -0.3 is 9.30 Å². The summed E-state index contributed by atoms with van der Waals surface area (Å²) in [6.45, 7) is 14.4. The number of nitrogens with one attached hydrogen (secondary N) is 1. The normalized spacial score (nSPS) is 17.8. The summed E-state index contributed by atoms with van der Waals surface area (Å²) in [6, 6.07) is 7.68. The van der Waals surface area contributed by atoms with Crippen LogP contribution < -0.4 is 4.72 Å². The number of nitrogens with zero attached hydrogens (tertiary/aromatic N) is 2. The molecule has 2 atom stereocenters. The first-order valence-electron chi connectivity index (χ1n) is 10.3. The topological polar surface area (TPSA) is 56.2 Å². The summed E-state index contributed by atoms with van der Waals surface area (Å²) in [5.74, 6) is 0.563. The lowest BCUT2D eigenvalue weighted by molar-refractivity contribution is 0.0898. The van der Waals surface area contributed by atoms with Gasteiger partial charge in [-0.25, -0.2) is 13.9 Å². The molecule has 0 spiro atoms. The van der Waals surface area contributed by atoms with Crippen molar-refractivity contribution in [3.8, 4) is 0 Å². The molecule has 0 bridgehead atoms. The molecule has 1 heterocycles. The van der Waals surface area contributed by atoms with Crippen LogP contribution in [0.1, 0.15) is 45.2 Å². The lowest BCUT2D eigenvalue weighted by atomic mass is 10.0. The number of benzene rings is 1. The Morgan fingerprint density at radius 3 is 2.64 bits per heavy atom. The van der Waals surface area contributed by atoms with E-state index in [1.165, 1.54) is 18.4 Å². The van der Waals surface area contributed by atoms with Crippen LogP contribution in [0.4, 0.5) is 0 Å². The average molecular weight is 422 g/mol. The van der Waals surface area contributed by atoms with Crippen molar-refractivity contribution in [1.29, 1.82) is 0 Å². The predicted octanol–water partition coefficient (Wildman–Crippen LogP) is 4.85. The van der Waals surface area contributed by atoms with E-state index in [9.17, 15) is 4.21 Å². The molecule has 2 aromatic rings. The minimum Gasteiger partial charge on any atom is -0.361 e. The Kier molecular flexibility index (Phi) is 6.49. The van der Waals surface area contributed by atoms with Crippen LogP contribution in [0.25, 0.3) is 11.0 Å². The third kappa shape index (κ3) is 5.75. The monoisotopic (exact) mass is 421 g/mol. The van der Waals surface area contributed by atoms with Crippen molar-refractivity contribution in [2.24, 2.45) is 5.92 Å². The van der Waals surface area contributed by atoms with Crippen LogP contribution in [-0.2, 0) is 22.5 Å². The van der Waals surface area contributed by atoms with Gasteiger partial charge in [0.25, 0.3) is 0 Å². The summed E-state index contributed by atoms with van der Waals surface area (Å²) in [5.41, 5.74) is 3.25. The molecule has 1 N–H and O–H groups in total. The smallest absolute Gasteiger partial charge is 0.124 e. The molecule has 28 heavy (non-hydrogen) atoms. The van der Waals surface area contributed by atoms with Crippen molar-refractivity contribution in [3.63, 3.8) is 0 Å². The maximum Gasteiger partial charge on any atom is 0.124 e. The van der Waals surface area contributed by atoms with E-state index in [-0.39, 0.29) is 10.8 Å². The standard InChI is InChI=1S/C21H35N3O2SSi/c1-21(2,3)27(25)23-20(16-7-8-16)17-9-10-18-19(13-17)24(14-22-18)15-26-11-12-28(4,5)6/h9-10,13-14,16,20,23H,7-8,11-12,15H2,1-6H3. The summed E-state index contributed by atoms with van der Waals surface area (Å²) in [6.07, 6.45) is 4.24. The van der Waals surface area contributed by atoms with Crippen LogP contribution in [-0.4, -0.2) is 33.2 Å². The highest BCUT2D eigenvalue weighted by molar-refractivity contribution is 7.84. The summed E-state index contributed by atoms with van der Waals surface area (Å²) in [4.78, 5) is 4.52. The van der Waals surface area contributed by atoms with Gasteiger partial charge in [0.2, 0.25) is 0 Å². The van der Waals surface area contributed by atoms with Gasteiger partial charge in [0.1, 0.15) is 6.73 Å². The molecule has 0 radical (unpaired) electrons. The molecule has 0 saturated heterocycles. The average Bonchev–Trinajstić information content (AvgIpc) is 3.35. The van der Waals surface area contributed by atoms with Gasteiger partial charge in [-0.3, -0.25) is 0 Å².